The zero-order chi connectivity index (χ0) is 25.8. The zero-order valence-corrected chi connectivity index (χ0v) is 21.2. The maximum absolute atomic E-state index is 14.1. The van der Waals surface area contributed by atoms with Crippen molar-refractivity contribution in [1.29, 1.82) is 0 Å². The van der Waals surface area contributed by atoms with Crippen LogP contribution in [0.5, 0.6) is 0 Å². The van der Waals surface area contributed by atoms with E-state index in [1.54, 1.807) is 31.3 Å². The van der Waals surface area contributed by atoms with Crippen LogP contribution < -0.4 is 10.6 Å². The van der Waals surface area contributed by atoms with Gasteiger partial charge in [-0.2, -0.15) is 0 Å². The van der Waals surface area contributed by atoms with Crippen LogP contribution in [0.25, 0.3) is 0 Å². The molecule has 2 aromatic carbocycles. The molecule has 4 rings (SSSR count). The van der Waals surface area contributed by atoms with Gasteiger partial charge in [0, 0.05) is 13.0 Å². The molecule has 1 heterocycles. The Bertz CT molecular complexity index is 1140. The number of benzene rings is 2. The Balaban J connectivity index is 1.80. The van der Waals surface area contributed by atoms with Gasteiger partial charge in [-0.05, 0) is 30.0 Å². The lowest BCUT2D eigenvalue weighted by atomic mass is 9.68. The Morgan fingerprint density at radius 3 is 2.39 bits per heavy atom. The number of fused-ring (bicyclic) bond motifs is 1. The second kappa shape index (κ2) is 11.3. The summed E-state index contributed by atoms with van der Waals surface area (Å²) in [6.45, 7) is 1.68. The summed E-state index contributed by atoms with van der Waals surface area (Å²) in [5.74, 6) is -2.90. The van der Waals surface area contributed by atoms with Crippen LogP contribution in [0.1, 0.15) is 31.4 Å². The van der Waals surface area contributed by atoms with E-state index < -0.39 is 35.7 Å². The number of rotatable bonds is 8. The van der Waals surface area contributed by atoms with Crippen LogP contribution in [0.4, 0.5) is 5.69 Å². The molecule has 0 radical (unpaired) electrons. The topological polar surface area (TPSA) is 98.7 Å². The molecule has 2 aliphatic rings. The first-order valence-electron chi connectivity index (χ1n) is 12.4. The summed E-state index contributed by atoms with van der Waals surface area (Å²) in [5.41, 5.74) is 1.15. The maximum Gasteiger partial charge on any atom is 0.247 e. The number of hydrogen-bond donors (Lipinski definition) is 3. The first kappa shape index (κ1) is 25.9. The molecule has 36 heavy (non-hydrogen) atoms. The molecule has 0 saturated carbocycles. The smallest absolute Gasteiger partial charge is 0.247 e. The van der Waals surface area contributed by atoms with Gasteiger partial charge in [-0.25, -0.2) is 0 Å². The molecule has 7 nitrogen and oxygen atoms in total. The van der Waals surface area contributed by atoms with E-state index in [-0.39, 0.29) is 24.3 Å². The van der Waals surface area contributed by atoms with Crippen molar-refractivity contribution in [3.8, 4) is 0 Å². The van der Waals surface area contributed by atoms with E-state index in [4.69, 9.17) is 11.6 Å². The van der Waals surface area contributed by atoms with Crippen molar-refractivity contribution in [2.75, 3.05) is 19.0 Å². The number of halogens is 1. The molecule has 190 valence electrons. The van der Waals surface area contributed by atoms with Crippen molar-refractivity contribution in [2.24, 2.45) is 23.7 Å². The van der Waals surface area contributed by atoms with Gasteiger partial charge in [0.05, 0.1) is 35.2 Å². The third-order valence-electron chi connectivity index (χ3n) is 7.31. The summed E-state index contributed by atoms with van der Waals surface area (Å²) in [4.78, 5) is 42.5. The largest absolute Gasteiger partial charge is 0.394 e. The molecule has 1 fully saturated rings. The highest BCUT2D eigenvalue weighted by Gasteiger charge is 2.58. The van der Waals surface area contributed by atoms with E-state index >= 15 is 0 Å². The number of anilines is 1. The summed E-state index contributed by atoms with van der Waals surface area (Å²) < 4.78 is 0. The van der Waals surface area contributed by atoms with E-state index in [0.29, 0.717) is 16.3 Å². The molecule has 2 aromatic rings. The van der Waals surface area contributed by atoms with Gasteiger partial charge < -0.3 is 20.6 Å². The Morgan fingerprint density at radius 2 is 1.75 bits per heavy atom. The monoisotopic (exact) mass is 509 g/mol. The molecule has 8 heteroatoms. The van der Waals surface area contributed by atoms with Crippen LogP contribution in [0.2, 0.25) is 5.02 Å². The van der Waals surface area contributed by atoms with Gasteiger partial charge in [0.2, 0.25) is 17.7 Å². The quantitative estimate of drug-likeness (QED) is 0.471. The number of para-hydroxylation sites is 1. The first-order chi connectivity index (χ1) is 17.4. The predicted molar refractivity (Wildman–Crippen MR) is 139 cm³/mol. The number of carbonyl (C=O) groups is 3. The van der Waals surface area contributed by atoms with Gasteiger partial charge in [-0.1, -0.05) is 79.6 Å². The van der Waals surface area contributed by atoms with Crippen molar-refractivity contribution < 1.29 is 19.5 Å². The predicted octanol–water partition coefficient (Wildman–Crippen LogP) is 3.80. The van der Waals surface area contributed by atoms with Gasteiger partial charge in [0.25, 0.3) is 0 Å². The summed E-state index contributed by atoms with van der Waals surface area (Å²) in [7, 11) is 1.57. The summed E-state index contributed by atoms with van der Waals surface area (Å²) in [6.07, 6.45) is 5.51. The van der Waals surface area contributed by atoms with Crippen molar-refractivity contribution >= 4 is 35.0 Å². The van der Waals surface area contributed by atoms with E-state index in [0.717, 1.165) is 12.8 Å². The molecular weight excluding hydrogens is 478 g/mol. The average Bonchev–Trinajstić information content (AvgIpc) is 3.18. The Labute approximate surface area is 216 Å². The lowest BCUT2D eigenvalue weighted by Gasteiger charge is -2.34. The van der Waals surface area contributed by atoms with Crippen LogP contribution in [-0.2, 0) is 14.4 Å². The van der Waals surface area contributed by atoms with Crippen LogP contribution in [0.3, 0.4) is 0 Å². The lowest BCUT2D eigenvalue weighted by molar-refractivity contribution is -0.143. The summed E-state index contributed by atoms with van der Waals surface area (Å²) in [6, 6.07) is 14.4. The summed E-state index contributed by atoms with van der Waals surface area (Å²) in [5, 5.41) is 16.4. The van der Waals surface area contributed by atoms with Crippen molar-refractivity contribution in [2.45, 2.75) is 31.8 Å². The van der Waals surface area contributed by atoms with Crippen LogP contribution in [0, 0.1) is 23.7 Å². The second-order valence-electron chi connectivity index (χ2n) is 9.35. The average molecular weight is 510 g/mol. The van der Waals surface area contributed by atoms with Crippen molar-refractivity contribution in [3.63, 3.8) is 0 Å². The highest BCUT2D eigenvalue weighted by Crippen LogP contribution is 2.48. The molecule has 0 aromatic heterocycles. The standard InChI is InChI=1S/C28H32ClN3O4/c1-3-9-18-14-15-19-24(23(18)26(34)30-2)28(36)32(22(16-33)17-10-5-4-6-11-17)25(19)27(35)31-21-13-8-7-12-20(21)29/h4-8,10-15,18-19,22-25,33H,3,9,16H2,1-2H3,(H,30,34)(H,31,35)/t18-,19+,22-,23-,24-,25+/m1/s1. The van der Waals surface area contributed by atoms with Gasteiger partial charge in [0.1, 0.15) is 6.04 Å². The minimum atomic E-state index is -0.929. The highest BCUT2D eigenvalue weighted by atomic mass is 35.5. The molecule has 0 unspecified atom stereocenters. The normalized spacial score (nSPS) is 25.8. The zero-order valence-electron chi connectivity index (χ0n) is 20.4. The SMILES string of the molecule is CCC[C@@H]1C=C[C@H]2[C@@H](C(=O)N([C@H](CO)c3ccccc3)[C@@H]2C(=O)Nc2ccccc2Cl)[C@@H]1C(=O)NC. The Hall–Kier alpha value is -3.16. The number of aliphatic hydroxyl groups is 1. The molecular formula is C28H32ClN3O4. The minimum Gasteiger partial charge on any atom is -0.394 e. The van der Waals surface area contributed by atoms with Gasteiger partial charge in [0.15, 0.2) is 0 Å². The van der Waals surface area contributed by atoms with Gasteiger partial charge in [-0.3, -0.25) is 14.4 Å². The number of likely N-dealkylation sites (tertiary alicyclic amines) is 1. The second-order valence-corrected chi connectivity index (χ2v) is 9.76. The number of allylic oxidation sites excluding steroid dienone is 1. The highest BCUT2D eigenvalue weighted by molar-refractivity contribution is 6.33. The van der Waals surface area contributed by atoms with Crippen molar-refractivity contribution in [1.82, 2.24) is 10.2 Å². The van der Waals surface area contributed by atoms with E-state index in [1.165, 1.54) is 4.90 Å². The maximum atomic E-state index is 14.1. The number of nitrogens with one attached hydrogen (secondary N) is 2. The Morgan fingerprint density at radius 1 is 1.06 bits per heavy atom. The van der Waals surface area contributed by atoms with Gasteiger partial charge in [-0.15, -0.1) is 0 Å². The van der Waals surface area contributed by atoms with Crippen molar-refractivity contribution in [3.05, 3.63) is 77.3 Å². The minimum absolute atomic E-state index is 0.114. The third kappa shape index (κ3) is 4.77. The third-order valence-corrected chi connectivity index (χ3v) is 7.64. The number of hydrogen-bond acceptors (Lipinski definition) is 4. The van der Waals surface area contributed by atoms with E-state index in [2.05, 4.69) is 10.6 Å². The van der Waals surface area contributed by atoms with E-state index in [1.807, 2.05) is 49.4 Å². The number of carbonyl (C=O) groups excluding carboxylic acids is 3. The molecule has 3 amide bonds. The van der Waals surface area contributed by atoms with Crippen LogP contribution >= 0.6 is 11.6 Å². The molecule has 1 saturated heterocycles. The van der Waals surface area contributed by atoms with Crippen LogP contribution in [-0.4, -0.2) is 47.4 Å². The fraction of sp³-hybridized carbons (Fsp3) is 0.393. The molecule has 3 N–H and O–H groups in total. The molecule has 0 bridgehead atoms. The molecule has 6 atom stereocenters. The number of nitrogens with zero attached hydrogens (tertiary/aromatic N) is 1. The number of aliphatic hydroxyl groups excluding tert-OH is 1. The van der Waals surface area contributed by atoms with Gasteiger partial charge >= 0.3 is 0 Å². The van der Waals surface area contributed by atoms with Crippen LogP contribution in [0.15, 0.2) is 66.7 Å². The summed E-state index contributed by atoms with van der Waals surface area (Å²) >= 11 is 6.30. The van der Waals surface area contributed by atoms with E-state index in [9.17, 15) is 19.5 Å². The fourth-order valence-corrected chi connectivity index (χ4v) is 5.89. The number of amides is 3. The lowest BCUT2D eigenvalue weighted by Crippen LogP contribution is -2.47. The molecule has 1 aliphatic carbocycles. The first-order valence-corrected chi connectivity index (χ1v) is 12.7. The fourth-order valence-electron chi connectivity index (χ4n) is 5.71. The molecule has 0 spiro atoms. The molecule has 1 aliphatic heterocycles. The Kier molecular flexibility index (Phi) is 8.11.